The summed E-state index contributed by atoms with van der Waals surface area (Å²) in [6.45, 7) is 2.22. The number of nitrogens with two attached hydrogens (primary N) is 1. The molecule has 4 aromatic rings. The molecule has 0 fully saturated rings. The van der Waals surface area contributed by atoms with E-state index in [0.29, 0.717) is 33.5 Å². The van der Waals surface area contributed by atoms with Gasteiger partial charge in [-0.2, -0.15) is 0 Å². The molecule has 164 valence electrons. The van der Waals surface area contributed by atoms with Gasteiger partial charge in [0, 0.05) is 34.2 Å². The number of aryl methyl sites for hydroxylation is 2. The lowest BCUT2D eigenvalue weighted by atomic mass is 10.3. The number of rotatable bonds is 5. The molecule has 0 spiro atoms. The number of benzene rings is 1. The van der Waals surface area contributed by atoms with E-state index >= 15 is 0 Å². The average Bonchev–Trinajstić information content (AvgIpc) is 3.32. The number of hydrogen-bond acceptors (Lipinski definition) is 9. The van der Waals surface area contributed by atoms with Gasteiger partial charge in [-0.3, -0.25) is 9.36 Å². The molecule has 1 aliphatic heterocycles. The average molecular weight is 518 g/mol. The first-order chi connectivity index (χ1) is 15.4. The van der Waals surface area contributed by atoms with Crippen molar-refractivity contribution in [1.29, 1.82) is 0 Å². The molecular weight excluding hydrogens is 502 g/mol. The molecule has 11 nitrogen and oxygen atoms in total. The first-order valence-corrected chi connectivity index (χ1v) is 11.1. The third kappa shape index (κ3) is 3.62. The van der Waals surface area contributed by atoms with E-state index in [-0.39, 0.29) is 31.3 Å². The summed E-state index contributed by atoms with van der Waals surface area (Å²) in [7, 11) is 0. The summed E-state index contributed by atoms with van der Waals surface area (Å²) in [5, 5.41) is 0.573. The van der Waals surface area contributed by atoms with Crippen LogP contribution in [0.5, 0.6) is 11.5 Å². The van der Waals surface area contributed by atoms with Gasteiger partial charge in [0.15, 0.2) is 33.6 Å². The van der Waals surface area contributed by atoms with Gasteiger partial charge in [0.2, 0.25) is 6.79 Å². The minimum absolute atomic E-state index is 0.125. The number of nitrogens with zero attached hydrogens (tertiary/aromatic N) is 5. The van der Waals surface area contributed by atoms with Crippen molar-refractivity contribution in [2.75, 3.05) is 12.5 Å². The Morgan fingerprint density at radius 1 is 1.16 bits per heavy atom. The fourth-order valence-electron chi connectivity index (χ4n) is 3.34. The summed E-state index contributed by atoms with van der Waals surface area (Å²) in [5.41, 5.74) is 6.62. The van der Waals surface area contributed by atoms with Crippen LogP contribution in [0, 0.1) is 6.92 Å². The zero-order valence-electron chi connectivity index (χ0n) is 16.7. The monoisotopic (exact) mass is 517 g/mol. The highest BCUT2D eigenvalue weighted by atomic mass is 79.9. The van der Waals surface area contributed by atoms with Crippen LogP contribution in [-0.4, -0.2) is 35.9 Å². The third-order valence-electron chi connectivity index (χ3n) is 4.86. The Labute approximate surface area is 192 Å². The summed E-state index contributed by atoms with van der Waals surface area (Å²) in [5.74, 6) is 1.53. The zero-order valence-corrected chi connectivity index (χ0v) is 19.1. The van der Waals surface area contributed by atoms with E-state index < -0.39 is 5.69 Å². The SMILES string of the molecule is Cc1cc(=O)n(CCn2c(Sc3cc4c(cc3Br)OCO4)nc3c(N)ncnc32)c(=O)[nH]1. The Morgan fingerprint density at radius 2 is 1.91 bits per heavy atom. The van der Waals surface area contributed by atoms with Crippen molar-refractivity contribution >= 4 is 44.7 Å². The van der Waals surface area contributed by atoms with Crippen LogP contribution in [0.25, 0.3) is 11.2 Å². The Bertz CT molecular complexity index is 1450. The van der Waals surface area contributed by atoms with Crippen LogP contribution in [0.15, 0.2) is 48.6 Å². The third-order valence-corrected chi connectivity index (χ3v) is 6.83. The van der Waals surface area contributed by atoms with Gasteiger partial charge in [-0.15, -0.1) is 0 Å². The van der Waals surface area contributed by atoms with Gasteiger partial charge >= 0.3 is 5.69 Å². The minimum atomic E-state index is -0.471. The van der Waals surface area contributed by atoms with E-state index in [0.717, 1.165) is 13.9 Å². The second-order valence-electron chi connectivity index (χ2n) is 6.96. The van der Waals surface area contributed by atoms with E-state index in [9.17, 15) is 9.59 Å². The molecule has 0 unspecified atom stereocenters. The van der Waals surface area contributed by atoms with Gasteiger partial charge < -0.3 is 24.8 Å². The van der Waals surface area contributed by atoms with E-state index in [1.807, 2.05) is 12.1 Å². The Kier molecular flexibility index (Phi) is 5.13. The zero-order chi connectivity index (χ0) is 22.4. The number of ether oxygens (including phenoxy) is 2. The molecule has 5 rings (SSSR count). The van der Waals surface area contributed by atoms with Crippen molar-refractivity contribution in [3.8, 4) is 11.5 Å². The lowest BCUT2D eigenvalue weighted by molar-refractivity contribution is 0.174. The topological polar surface area (TPSA) is 143 Å². The van der Waals surface area contributed by atoms with Crippen molar-refractivity contribution in [3.63, 3.8) is 0 Å². The van der Waals surface area contributed by atoms with Gasteiger partial charge in [-0.05, 0) is 35.0 Å². The van der Waals surface area contributed by atoms with Crippen LogP contribution in [0.3, 0.4) is 0 Å². The molecule has 4 heterocycles. The minimum Gasteiger partial charge on any atom is -0.454 e. The smallest absolute Gasteiger partial charge is 0.328 e. The van der Waals surface area contributed by atoms with Crippen LogP contribution in [0.1, 0.15) is 5.69 Å². The molecule has 0 bridgehead atoms. The van der Waals surface area contributed by atoms with Crippen LogP contribution in [-0.2, 0) is 13.1 Å². The van der Waals surface area contributed by atoms with Crippen molar-refractivity contribution < 1.29 is 9.47 Å². The van der Waals surface area contributed by atoms with Gasteiger partial charge in [0.05, 0.1) is 0 Å². The summed E-state index contributed by atoms with van der Waals surface area (Å²) in [6.07, 6.45) is 1.35. The standard InChI is InChI=1S/C19H16BrN7O4S/c1-9-4-14(28)26(18(29)24-9)2-3-27-17-15(16(21)22-7-23-17)25-19(27)32-13-6-12-11(5-10(13)20)30-8-31-12/h4-7H,2-3,8H2,1H3,(H,24,29)(H2,21,22,23). The number of nitrogen functional groups attached to an aromatic ring is 1. The molecule has 1 aromatic carbocycles. The highest BCUT2D eigenvalue weighted by Crippen LogP contribution is 2.43. The van der Waals surface area contributed by atoms with Crippen LogP contribution < -0.4 is 26.5 Å². The predicted molar refractivity (Wildman–Crippen MR) is 120 cm³/mol. The first kappa shape index (κ1) is 20.6. The van der Waals surface area contributed by atoms with E-state index in [2.05, 4.69) is 35.9 Å². The second kappa shape index (κ2) is 7.98. The van der Waals surface area contributed by atoms with Gasteiger partial charge in [0.1, 0.15) is 6.33 Å². The maximum atomic E-state index is 12.3. The Morgan fingerprint density at radius 3 is 2.69 bits per heavy atom. The highest BCUT2D eigenvalue weighted by molar-refractivity contribution is 9.10. The molecule has 3 aromatic heterocycles. The molecule has 0 amide bonds. The number of aromatic nitrogens is 6. The lowest BCUT2D eigenvalue weighted by Crippen LogP contribution is -2.36. The normalized spacial score (nSPS) is 12.6. The molecule has 0 saturated carbocycles. The largest absolute Gasteiger partial charge is 0.454 e. The van der Waals surface area contributed by atoms with Gasteiger partial charge in [0.25, 0.3) is 5.56 Å². The molecule has 1 aliphatic rings. The molecular formula is C19H16BrN7O4S. The number of halogens is 1. The van der Waals surface area contributed by atoms with Crippen molar-refractivity contribution in [2.45, 2.75) is 30.1 Å². The van der Waals surface area contributed by atoms with E-state index in [4.69, 9.17) is 15.2 Å². The van der Waals surface area contributed by atoms with Crippen molar-refractivity contribution in [1.82, 2.24) is 29.1 Å². The van der Waals surface area contributed by atoms with E-state index in [1.165, 1.54) is 24.2 Å². The van der Waals surface area contributed by atoms with Crippen molar-refractivity contribution in [2.24, 2.45) is 0 Å². The highest BCUT2D eigenvalue weighted by Gasteiger charge is 2.21. The number of nitrogens with one attached hydrogen (secondary N) is 1. The molecule has 0 saturated heterocycles. The second-order valence-corrected chi connectivity index (χ2v) is 8.83. The fraction of sp³-hybridized carbons (Fsp3) is 0.211. The molecule has 32 heavy (non-hydrogen) atoms. The summed E-state index contributed by atoms with van der Waals surface area (Å²) >= 11 is 4.91. The number of hydrogen-bond donors (Lipinski definition) is 2. The van der Waals surface area contributed by atoms with E-state index in [1.54, 1.807) is 11.5 Å². The summed E-state index contributed by atoms with van der Waals surface area (Å²) < 4.78 is 14.6. The molecule has 3 N–H and O–H groups in total. The molecule has 0 radical (unpaired) electrons. The first-order valence-electron chi connectivity index (χ1n) is 9.45. The molecule has 13 heteroatoms. The number of H-pyrrole nitrogens is 1. The Hall–Kier alpha value is -3.32. The number of aromatic amines is 1. The summed E-state index contributed by atoms with van der Waals surface area (Å²) in [4.78, 5) is 41.0. The lowest BCUT2D eigenvalue weighted by Gasteiger charge is -2.11. The van der Waals surface area contributed by atoms with Gasteiger partial charge in [-0.25, -0.2) is 19.7 Å². The molecule has 0 aliphatic carbocycles. The quantitative estimate of drug-likeness (QED) is 0.405. The maximum absolute atomic E-state index is 12.3. The maximum Gasteiger partial charge on any atom is 0.328 e. The van der Waals surface area contributed by atoms with Crippen molar-refractivity contribution in [3.05, 3.63) is 55.5 Å². The Balaban J connectivity index is 1.55. The molecule has 0 atom stereocenters. The van der Waals surface area contributed by atoms with Crippen LogP contribution >= 0.6 is 27.7 Å². The fourth-order valence-corrected chi connectivity index (χ4v) is 4.84. The van der Waals surface area contributed by atoms with Gasteiger partial charge in [-0.1, -0.05) is 11.8 Å². The number of fused-ring (bicyclic) bond motifs is 2. The number of imidazole rings is 1. The van der Waals surface area contributed by atoms with Crippen LogP contribution in [0.4, 0.5) is 5.82 Å². The van der Waals surface area contributed by atoms with Crippen LogP contribution in [0.2, 0.25) is 0 Å². The number of anilines is 1. The summed E-state index contributed by atoms with van der Waals surface area (Å²) in [6, 6.07) is 5.06. The predicted octanol–water partition coefficient (Wildman–Crippen LogP) is 1.91.